The molecular weight excluding hydrogens is 1680 g/mol. The fourth-order valence-corrected chi connectivity index (χ4v) is 14.4. The lowest BCUT2D eigenvalue weighted by molar-refractivity contribution is 0.0509. The van der Waals surface area contributed by atoms with Gasteiger partial charge < -0.3 is 30.7 Å². The van der Waals surface area contributed by atoms with Crippen LogP contribution in [-0.2, 0) is 4.74 Å². The van der Waals surface area contributed by atoms with Crippen LogP contribution in [0.3, 0.4) is 0 Å². The summed E-state index contributed by atoms with van der Waals surface area (Å²) in [7, 11) is -1.47. The molecule has 1 amide bonds. The number of aromatic nitrogens is 20. The molecule has 30 nitrogen and oxygen atoms in total. The van der Waals surface area contributed by atoms with Crippen LogP contribution in [-0.4, -0.2) is 156 Å². The number of halogens is 1. The maximum atomic E-state index is 11.5. The number of fused-ring (bicyclic) bond motifs is 5. The van der Waals surface area contributed by atoms with Gasteiger partial charge in [-0.2, -0.15) is 0 Å². The molecule has 5 aromatic carbocycles. The number of aromatic carboxylic acids is 2. The van der Waals surface area contributed by atoms with Gasteiger partial charge in [0, 0.05) is 86.2 Å². The second-order valence-electron chi connectivity index (χ2n) is 28.8. The van der Waals surface area contributed by atoms with E-state index in [2.05, 4.69) is 110 Å². The minimum Gasteiger partial charge on any atom is -0.475 e. The molecule has 0 fully saturated rings. The van der Waals surface area contributed by atoms with Gasteiger partial charge in [-0.25, -0.2) is 14.4 Å². The highest BCUT2D eigenvalue weighted by molar-refractivity contribution is 9.10. The molecule has 0 saturated carbocycles. The van der Waals surface area contributed by atoms with Gasteiger partial charge in [0.1, 0.15) is 6.33 Å². The van der Waals surface area contributed by atoms with E-state index < -0.39 is 30.9 Å². The van der Waals surface area contributed by atoms with Crippen molar-refractivity contribution in [1.29, 1.82) is 0 Å². The van der Waals surface area contributed by atoms with E-state index in [1.54, 1.807) is 71.0 Å². The lowest BCUT2D eigenvalue weighted by atomic mass is 9.76. The Labute approximate surface area is 739 Å². The molecule has 0 spiro atoms. The van der Waals surface area contributed by atoms with Crippen LogP contribution >= 0.6 is 15.9 Å². The quantitative estimate of drug-likeness (QED) is 0.0470. The molecule has 32 heteroatoms. The molecule has 0 aliphatic rings. The number of nitrogens with two attached hydrogens (primary N) is 1. The Bertz CT molecular complexity index is 7080. The summed E-state index contributed by atoms with van der Waals surface area (Å²) in [6.07, 6.45) is 10.8. The summed E-state index contributed by atoms with van der Waals surface area (Å²) in [6.45, 7) is 11.9. The number of nitrogens with zero attached hydrogens (tertiary/aromatic N) is 20. The van der Waals surface area contributed by atoms with Gasteiger partial charge >= 0.3 is 25.0 Å². The number of rotatable bonds is 15. The first-order valence-corrected chi connectivity index (χ1v) is 40.7. The van der Waals surface area contributed by atoms with Crippen molar-refractivity contribution in [3.8, 4) is 101 Å². The van der Waals surface area contributed by atoms with Crippen LogP contribution in [0.15, 0.2) is 315 Å². The summed E-state index contributed by atoms with van der Waals surface area (Å²) in [5, 5.41) is 75.7. The van der Waals surface area contributed by atoms with Crippen molar-refractivity contribution >= 4 is 80.6 Å². The van der Waals surface area contributed by atoms with Crippen LogP contribution in [0.5, 0.6) is 0 Å². The lowest BCUT2D eigenvalue weighted by Crippen LogP contribution is -2.31. The van der Waals surface area contributed by atoms with E-state index in [-0.39, 0.29) is 23.3 Å². The summed E-state index contributed by atoms with van der Waals surface area (Å²) in [6, 6.07) is 87.5. The SMILES string of the molecule is CCOC(=O)c1nnc2ccc(Br)cn12.Cc1cccc(-c2ccccc2-c2ccc3nnc(C(=O)O)n3c2)n1.Cc1cccc(-c2ccccc2-c2ccc3nnc(C(=O)O)n3c2)n1.Cc1cccc(-c2ccccc2-c2ccc3nnc(C(N)=O)n3c2)n1.Cc1cccc(-c2ccccc2-c2ccc3nncn3c2)n1.Cc1cccc(-c2ccccc2B(O)O)n1. The number of amides is 1. The standard InChI is InChI=1S/C19H15N5O.2C19H14N4O2.C18H14N4.C12H12BNO2.C9H8BrN3O2/c1-12-5-4-8-16(21-12)15-7-3-2-6-14(15)13-9-10-17-22-23-19(18(20)25)24(17)11-13;2*1-12-5-4-8-16(20-12)15-7-3-2-6-14(15)13-9-10-17-21-22-18(19(24)25)23(17)11-13;1-13-5-4-8-17(20-13)16-7-3-2-6-15(16)14-9-10-18-21-19-12-22(18)11-14;1-9-5-4-8-12(14-9)10-6-2-3-7-11(10)13(15)16;1-2-15-9(14)8-12-11-7-4-3-6(10)5-13(7)8/h2-11H,1H3,(H2,20,25);2*2-11H,1H3,(H,24,25);2-12H,1H3;2-8,15-16H,1H3;3-5H,2H2,1H3. The summed E-state index contributed by atoms with van der Waals surface area (Å²) in [5.41, 5.74) is 30.7. The van der Waals surface area contributed by atoms with E-state index >= 15 is 0 Å². The number of carbonyl (C=O) groups is 4. The van der Waals surface area contributed by atoms with Crippen molar-refractivity contribution in [2.24, 2.45) is 5.73 Å². The van der Waals surface area contributed by atoms with Crippen LogP contribution in [0.4, 0.5) is 0 Å². The monoisotopic (exact) mass is 1760 g/mol. The Hall–Kier alpha value is -16.7. The van der Waals surface area contributed by atoms with Crippen molar-refractivity contribution in [3.63, 3.8) is 0 Å². The third-order valence-corrected chi connectivity index (χ3v) is 20.4. The predicted octanol–water partition coefficient (Wildman–Crippen LogP) is 16.0. The minimum absolute atomic E-state index is 0.108. The Morgan fingerprint density at radius 3 is 0.992 bits per heavy atom. The molecule has 0 aliphatic heterocycles. The first-order valence-electron chi connectivity index (χ1n) is 39.9. The van der Waals surface area contributed by atoms with Crippen molar-refractivity contribution in [3.05, 3.63) is 367 Å². The molecule has 20 rings (SSSR count). The average Bonchev–Trinajstić information content (AvgIpc) is 1.58. The van der Waals surface area contributed by atoms with Crippen LogP contribution in [0.25, 0.3) is 129 Å². The zero-order chi connectivity index (χ0) is 89.5. The van der Waals surface area contributed by atoms with E-state index in [4.69, 9.17) is 10.5 Å². The molecule has 0 bridgehead atoms. The summed E-state index contributed by atoms with van der Waals surface area (Å²) < 4.78 is 13.8. The number of pyridine rings is 10. The molecule has 128 heavy (non-hydrogen) atoms. The Morgan fingerprint density at radius 2 is 0.641 bits per heavy atom. The molecule has 15 heterocycles. The van der Waals surface area contributed by atoms with Crippen molar-refractivity contribution in [2.45, 2.75) is 41.5 Å². The van der Waals surface area contributed by atoms with Gasteiger partial charge in [-0.15, -0.1) is 51.0 Å². The number of benzene rings is 5. The maximum Gasteiger partial charge on any atom is 0.489 e. The highest BCUT2D eigenvalue weighted by Gasteiger charge is 2.22. The van der Waals surface area contributed by atoms with Crippen molar-refractivity contribution < 1.29 is 44.2 Å². The highest BCUT2D eigenvalue weighted by Crippen LogP contribution is 2.36. The molecule has 20 aromatic rings. The second kappa shape index (κ2) is 39.2. The zero-order valence-electron chi connectivity index (χ0n) is 69.5. The Kier molecular flexibility index (Phi) is 26.4. The van der Waals surface area contributed by atoms with E-state index in [0.717, 1.165) is 139 Å². The van der Waals surface area contributed by atoms with Crippen LogP contribution in [0.1, 0.15) is 77.9 Å². The van der Waals surface area contributed by atoms with Crippen molar-refractivity contribution in [2.75, 3.05) is 6.61 Å². The maximum absolute atomic E-state index is 11.5. The smallest absolute Gasteiger partial charge is 0.475 e. The number of primary amides is 1. The number of hydrogen-bond donors (Lipinski definition) is 5. The van der Waals surface area contributed by atoms with Gasteiger partial charge in [-0.3, -0.25) is 51.7 Å². The van der Waals surface area contributed by atoms with Crippen LogP contribution < -0.4 is 11.2 Å². The summed E-state index contributed by atoms with van der Waals surface area (Å²) in [4.78, 5) is 68.5. The summed E-state index contributed by atoms with van der Waals surface area (Å²) >= 11 is 3.31. The fourth-order valence-electron chi connectivity index (χ4n) is 14.0. The van der Waals surface area contributed by atoms with Gasteiger partial charge in [-0.05, 0) is 234 Å². The number of carbonyl (C=O) groups excluding carboxylic acids is 2. The molecule has 0 aliphatic carbocycles. The second-order valence-corrected chi connectivity index (χ2v) is 29.7. The molecule has 0 saturated heterocycles. The van der Waals surface area contributed by atoms with E-state index in [1.807, 2.05) is 276 Å². The minimum atomic E-state index is -1.47. The number of ether oxygens (including phenoxy) is 1. The third-order valence-electron chi connectivity index (χ3n) is 19.9. The van der Waals surface area contributed by atoms with Gasteiger partial charge in [0.25, 0.3) is 5.91 Å². The first kappa shape index (κ1) is 86.2. The normalized spacial score (nSPS) is 10.8. The highest BCUT2D eigenvalue weighted by atomic mass is 79.9. The number of carboxylic acids is 2. The molecule has 0 atom stereocenters. The fraction of sp³-hybridized carbons (Fsp3) is 0.0729. The lowest BCUT2D eigenvalue weighted by Gasteiger charge is -2.10. The topological polar surface area (TPSA) is 400 Å². The van der Waals surface area contributed by atoms with E-state index in [0.29, 0.717) is 34.7 Å². The predicted molar refractivity (Wildman–Crippen MR) is 489 cm³/mol. The van der Waals surface area contributed by atoms with Gasteiger partial charge in [0.15, 0.2) is 28.2 Å². The molecule has 6 N–H and O–H groups in total. The Balaban J connectivity index is 0.000000119. The third kappa shape index (κ3) is 19.8. The Morgan fingerprint density at radius 1 is 0.336 bits per heavy atom. The van der Waals surface area contributed by atoms with Gasteiger partial charge in [0.2, 0.25) is 23.3 Å². The number of carboxylic acid groups (broad SMARTS) is 2. The van der Waals surface area contributed by atoms with Gasteiger partial charge in [0.05, 0.1) is 35.1 Å². The van der Waals surface area contributed by atoms with Crippen LogP contribution in [0, 0.1) is 34.6 Å². The molecule has 0 radical (unpaired) electrons. The largest absolute Gasteiger partial charge is 0.489 e. The number of esters is 1. The average molecular weight is 1760 g/mol. The molecule has 630 valence electrons. The first-order chi connectivity index (χ1) is 62.1. The molecule has 15 aromatic heterocycles. The number of hydrogen-bond acceptors (Lipinski definition) is 22. The van der Waals surface area contributed by atoms with E-state index in [1.165, 1.54) is 8.80 Å². The van der Waals surface area contributed by atoms with Crippen molar-refractivity contribution in [1.82, 2.24) is 97.9 Å². The molecular formula is C96H77BBrN21O9. The molecule has 0 unspecified atom stereocenters. The number of aryl methyl sites for hydroxylation is 5. The van der Waals surface area contributed by atoms with Gasteiger partial charge in [-0.1, -0.05) is 152 Å². The van der Waals surface area contributed by atoms with Crippen LogP contribution in [0.2, 0.25) is 0 Å². The van der Waals surface area contributed by atoms with E-state index in [9.17, 15) is 39.4 Å². The summed E-state index contributed by atoms with van der Waals surface area (Å²) in [5.74, 6) is -3.22. The zero-order valence-corrected chi connectivity index (χ0v) is 71.0.